The second kappa shape index (κ2) is 9.36. The van der Waals surface area contributed by atoms with Crippen molar-refractivity contribution >= 4 is 11.9 Å². The van der Waals surface area contributed by atoms with Crippen molar-refractivity contribution in [3.63, 3.8) is 0 Å². The number of carbonyl (C=O) groups is 2. The van der Waals surface area contributed by atoms with Crippen molar-refractivity contribution in [3.8, 4) is 0 Å². The van der Waals surface area contributed by atoms with Gasteiger partial charge in [0.05, 0.1) is 12.5 Å². The molecule has 0 aliphatic heterocycles. The van der Waals surface area contributed by atoms with Gasteiger partial charge in [0.25, 0.3) is 5.56 Å². The normalized spacial score (nSPS) is 11.6. The molecule has 0 saturated heterocycles. The molecule has 2 rings (SSSR count). The van der Waals surface area contributed by atoms with Crippen molar-refractivity contribution in [1.29, 1.82) is 0 Å². The summed E-state index contributed by atoms with van der Waals surface area (Å²) in [6, 6.07) is 10.6. The molecule has 8 heteroatoms. The first-order valence-electron chi connectivity index (χ1n) is 8.26. The molecular weight excluding hydrogens is 338 g/mol. The highest BCUT2D eigenvalue weighted by Gasteiger charge is 2.21. The van der Waals surface area contributed by atoms with Crippen LogP contribution in [0.4, 0.5) is 0 Å². The maximum absolute atomic E-state index is 12.1. The molecular formula is C18H21N3O5. The number of hydrogen-bond acceptors (Lipinski definition) is 5. The Balaban J connectivity index is 1.98. The van der Waals surface area contributed by atoms with Gasteiger partial charge in [0, 0.05) is 18.8 Å². The third kappa shape index (κ3) is 5.73. The number of nitrogens with zero attached hydrogens (tertiary/aromatic N) is 1. The number of rotatable bonds is 8. The van der Waals surface area contributed by atoms with Crippen LogP contribution in [0.15, 0.2) is 52.2 Å². The van der Waals surface area contributed by atoms with Crippen molar-refractivity contribution in [1.82, 2.24) is 14.9 Å². The fourth-order valence-electron chi connectivity index (χ4n) is 2.41. The summed E-state index contributed by atoms with van der Waals surface area (Å²) in [7, 11) is 0. The molecule has 1 unspecified atom stereocenters. The molecule has 0 aliphatic rings. The van der Waals surface area contributed by atoms with Crippen LogP contribution >= 0.6 is 0 Å². The molecule has 0 spiro atoms. The highest BCUT2D eigenvalue weighted by Crippen LogP contribution is 2.10. The SMILES string of the molecule is CCOC(=O)C(CNC(=O)Cn1ccc(=O)[nH]c1=O)Cc1ccccc1. The minimum Gasteiger partial charge on any atom is -0.466 e. The van der Waals surface area contributed by atoms with E-state index in [1.54, 1.807) is 6.92 Å². The van der Waals surface area contributed by atoms with E-state index in [4.69, 9.17) is 4.74 Å². The van der Waals surface area contributed by atoms with Crippen molar-refractivity contribution in [2.45, 2.75) is 19.9 Å². The summed E-state index contributed by atoms with van der Waals surface area (Å²) in [5.74, 6) is -1.37. The summed E-state index contributed by atoms with van der Waals surface area (Å²) in [6.07, 6.45) is 1.67. The van der Waals surface area contributed by atoms with Gasteiger partial charge >= 0.3 is 11.7 Å². The Morgan fingerprint density at radius 3 is 2.58 bits per heavy atom. The molecule has 0 fully saturated rings. The zero-order valence-electron chi connectivity index (χ0n) is 14.4. The van der Waals surface area contributed by atoms with Crippen LogP contribution < -0.4 is 16.6 Å². The number of amides is 1. The number of aromatic amines is 1. The minimum absolute atomic E-state index is 0.0880. The number of hydrogen-bond donors (Lipinski definition) is 2. The number of ether oxygens (including phenoxy) is 1. The minimum atomic E-state index is -0.668. The van der Waals surface area contributed by atoms with Gasteiger partial charge in [-0.3, -0.25) is 23.9 Å². The lowest BCUT2D eigenvalue weighted by Crippen LogP contribution is -2.39. The molecule has 2 aromatic rings. The molecule has 1 heterocycles. The van der Waals surface area contributed by atoms with Gasteiger partial charge in [-0.2, -0.15) is 0 Å². The second-order valence-electron chi connectivity index (χ2n) is 5.68. The van der Waals surface area contributed by atoms with Crippen LogP contribution in [0, 0.1) is 5.92 Å². The molecule has 138 valence electrons. The fourth-order valence-corrected chi connectivity index (χ4v) is 2.41. The molecule has 0 radical (unpaired) electrons. The molecule has 1 amide bonds. The van der Waals surface area contributed by atoms with Gasteiger partial charge in [0.2, 0.25) is 5.91 Å². The number of aromatic nitrogens is 2. The first kappa shape index (κ1) is 19.2. The smallest absolute Gasteiger partial charge is 0.328 e. The summed E-state index contributed by atoms with van der Waals surface area (Å²) in [4.78, 5) is 48.9. The monoisotopic (exact) mass is 359 g/mol. The predicted octanol–water partition coefficient (Wildman–Crippen LogP) is 0.0748. The number of nitrogens with one attached hydrogen (secondary N) is 2. The van der Waals surface area contributed by atoms with Gasteiger partial charge < -0.3 is 10.1 Å². The number of benzene rings is 1. The number of esters is 1. The lowest BCUT2D eigenvalue weighted by atomic mass is 9.99. The zero-order valence-corrected chi connectivity index (χ0v) is 14.4. The topological polar surface area (TPSA) is 110 Å². The van der Waals surface area contributed by atoms with Gasteiger partial charge in [-0.15, -0.1) is 0 Å². The molecule has 0 saturated carbocycles. The Hall–Kier alpha value is -3.16. The van der Waals surface area contributed by atoms with Crippen molar-refractivity contribution in [2.75, 3.05) is 13.2 Å². The van der Waals surface area contributed by atoms with Gasteiger partial charge in [-0.05, 0) is 18.9 Å². The quantitative estimate of drug-likeness (QED) is 0.649. The Kier molecular flexibility index (Phi) is 6.90. The van der Waals surface area contributed by atoms with Gasteiger partial charge in [0.15, 0.2) is 0 Å². The molecule has 8 nitrogen and oxygen atoms in total. The van der Waals surface area contributed by atoms with Gasteiger partial charge in [-0.25, -0.2) is 4.79 Å². The van der Waals surface area contributed by atoms with E-state index in [1.165, 1.54) is 6.20 Å². The molecule has 1 aromatic heterocycles. The summed E-state index contributed by atoms with van der Waals surface area (Å²) in [6.45, 7) is 1.81. The van der Waals surface area contributed by atoms with E-state index in [-0.39, 0.29) is 19.7 Å². The zero-order chi connectivity index (χ0) is 18.9. The van der Waals surface area contributed by atoms with Crippen LogP contribution in [-0.2, 0) is 27.3 Å². The number of carbonyl (C=O) groups excluding carboxylic acids is 2. The molecule has 0 bridgehead atoms. The fraction of sp³-hybridized carbons (Fsp3) is 0.333. The van der Waals surface area contributed by atoms with E-state index in [9.17, 15) is 19.2 Å². The van der Waals surface area contributed by atoms with E-state index in [1.807, 2.05) is 30.3 Å². The van der Waals surface area contributed by atoms with Crippen LogP contribution in [0.5, 0.6) is 0 Å². The van der Waals surface area contributed by atoms with Crippen LogP contribution in [0.3, 0.4) is 0 Å². The molecule has 1 atom stereocenters. The molecule has 26 heavy (non-hydrogen) atoms. The maximum Gasteiger partial charge on any atom is 0.328 e. The third-order valence-corrected chi connectivity index (χ3v) is 3.70. The summed E-state index contributed by atoms with van der Waals surface area (Å²) in [5.41, 5.74) is -0.243. The second-order valence-corrected chi connectivity index (χ2v) is 5.68. The highest BCUT2D eigenvalue weighted by molar-refractivity contribution is 5.78. The average Bonchev–Trinajstić information content (AvgIpc) is 2.62. The van der Waals surface area contributed by atoms with Crippen LogP contribution in [0.2, 0.25) is 0 Å². The lowest BCUT2D eigenvalue weighted by molar-refractivity contribution is -0.147. The Morgan fingerprint density at radius 2 is 1.92 bits per heavy atom. The largest absolute Gasteiger partial charge is 0.466 e. The van der Waals surface area contributed by atoms with E-state index in [0.29, 0.717) is 6.42 Å². The van der Waals surface area contributed by atoms with E-state index in [0.717, 1.165) is 16.2 Å². The summed E-state index contributed by atoms with van der Waals surface area (Å²) < 4.78 is 6.15. The molecule has 1 aromatic carbocycles. The Morgan fingerprint density at radius 1 is 1.19 bits per heavy atom. The molecule has 2 N–H and O–H groups in total. The van der Waals surface area contributed by atoms with Crippen molar-refractivity contribution in [3.05, 3.63) is 69.0 Å². The first-order valence-corrected chi connectivity index (χ1v) is 8.26. The standard InChI is InChI=1S/C18H21N3O5/c1-2-26-17(24)14(10-13-6-4-3-5-7-13)11-19-16(23)12-21-9-8-15(22)20-18(21)25/h3-9,14H,2,10-12H2,1H3,(H,19,23)(H,20,22,25). The molecule has 0 aliphatic carbocycles. The van der Waals surface area contributed by atoms with E-state index < -0.39 is 29.0 Å². The Labute approximate surface area is 149 Å². The van der Waals surface area contributed by atoms with Crippen molar-refractivity contribution < 1.29 is 14.3 Å². The van der Waals surface area contributed by atoms with E-state index >= 15 is 0 Å². The van der Waals surface area contributed by atoms with Gasteiger partial charge in [-0.1, -0.05) is 30.3 Å². The van der Waals surface area contributed by atoms with E-state index in [2.05, 4.69) is 10.3 Å². The maximum atomic E-state index is 12.1. The highest BCUT2D eigenvalue weighted by atomic mass is 16.5. The first-order chi connectivity index (χ1) is 12.5. The van der Waals surface area contributed by atoms with Crippen LogP contribution in [-0.4, -0.2) is 34.6 Å². The predicted molar refractivity (Wildman–Crippen MR) is 94.6 cm³/mol. The average molecular weight is 359 g/mol. The van der Waals surface area contributed by atoms with Crippen molar-refractivity contribution in [2.24, 2.45) is 5.92 Å². The van der Waals surface area contributed by atoms with Crippen LogP contribution in [0.25, 0.3) is 0 Å². The summed E-state index contributed by atoms with van der Waals surface area (Å²) >= 11 is 0. The van der Waals surface area contributed by atoms with Crippen LogP contribution in [0.1, 0.15) is 12.5 Å². The summed E-state index contributed by atoms with van der Waals surface area (Å²) in [5, 5.41) is 2.64. The Bertz CT molecular complexity index is 857. The number of H-pyrrole nitrogens is 1. The third-order valence-electron chi connectivity index (χ3n) is 3.70. The van der Waals surface area contributed by atoms with Gasteiger partial charge in [0.1, 0.15) is 6.54 Å². The lowest BCUT2D eigenvalue weighted by Gasteiger charge is -2.16.